The van der Waals surface area contributed by atoms with E-state index in [-0.39, 0.29) is 5.41 Å². The van der Waals surface area contributed by atoms with Crippen LogP contribution >= 0.6 is 0 Å². The summed E-state index contributed by atoms with van der Waals surface area (Å²) in [5.41, 5.74) is 2.18. The molecule has 0 aliphatic rings. The average Bonchev–Trinajstić information content (AvgIpc) is 2.15. The fourth-order valence-corrected chi connectivity index (χ4v) is 3.00. The zero-order chi connectivity index (χ0) is 13.1. The highest BCUT2D eigenvalue weighted by atomic mass is 14.3. The van der Waals surface area contributed by atoms with Gasteiger partial charge in [-0.3, -0.25) is 0 Å². The Balaban J connectivity index is 2.67. The van der Waals surface area contributed by atoms with E-state index in [1.54, 1.807) is 0 Å². The molecule has 1 aromatic rings. The lowest BCUT2D eigenvalue weighted by atomic mass is 9.73. The summed E-state index contributed by atoms with van der Waals surface area (Å²) in [6.45, 7) is 14.1. The molecule has 0 fully saturated rings. The van der Waals surface area contributed by atoms with Crippen LogP contribution in [0, 0.1) is 11.3 Å². The molecular formula is C17H28. The first-order valence-electron chi connectivity index (χ1n) is 6.76. The Morgan fingerprint density at radius 1 is 0.882 bits per heavy atom. The third-order valence-electron chi connectivity index (χ3n) is 3.37. The van der Waals surface area contributed by atoms with Crippen LogP contribution in [0.5, 0.6) is 0 Å². The van der Waals surface area contributed by atoms with E-state index in [4.69, 9.17) is 0 Å². The molecule has 0 nitrogen and oxygen atoms in total. The van der Waals surface area contributed by atoms with Gasteiger partial charge in [-0.15, -0.1) is 0 Å². The quantitative estimate of drug-likeness (QED) is 0.649. The van der Waals surface area contributed by atoms with Crippen molar-refractivity contribution in [3.05, 3.63) is 35.9 Å². The summed E-state index contributed by atoms with van der Waals surface area (Å²) >= 11 is 0. The molecule has 1 unspecified atom stereocenters. The highest BCUT2D eigenvalue weighted by Crippen LogP contribution is 2.35. The molecule has 0 heterocycles. The lowest BCUT2D eigenvalue weighted by Crippen LogP contribution is -2.23. The third-order valence-corrected chi connectivity index (χ3v) is 3.37. The summed E-state index contributed by atoms with van der Waals surface area (Å²) in [6.07, 6.45) is 2.55. The number of hydrogen-bond donors (Lipinski definition) is 0. The van der Waals surface area contributed by atoms with Gasteiger partial charge in [-0.25, -0.2) is 0 Å². The van der Waals surface area contributed by atoms with Gasteiger partial charge in [0.15, 0.2) is 0 Å². The molecule has 0 amide bonds. The van der Waals surface area contributed by atoms with Gasteiger partial charge in [-0.05, 0) is 35.2 Å². The lowest BCUT2D eigenvalue weighted by Gasteiger charge is -2.31. The Labute approximate surface area is 107 Å². The Bertz CT molecular complexity index is 327. The van der Waals surface area contributed by atoms with E-state index in [9.17, 15) is 0 Å². The first-order chi connectivity index (χ1) is 7.71. The van der Waals surface area contributed by atoms with Crippen LogP contribution in [0.15, 0.2) is 30.3 Å². The normalized spacial score (nSPS) is 14.7. The minimum Gasteiger partial charge on any atom is -0.0625 e. The first-order valence-corrected chi connectivity index (χ1v) is 6.76. The van der Waals surface area contributed by atoms with E-state index < -0.39 is 0 Å². The molecule has 0 aliphatic heterocycles. The van der Waals surface area contributed by atoms with Crippen molar-refractivity contribution in [2.75, 3.05) is 0 Å². The van der Waals surface area contributed by atoms with E-state index >= 15 is 0 Å². The Hall–Kier alpha value is -0.780. The maximum absolute atomic E-state index is 2.38. The average molecular weight is 232 g/mol. The predicted octanol–water partition coefficient (Wildman–Crippen LogP) is 5.43. The SMILES string of the molecule is CC(CC(C)(C)C)CC(C)(C)c1ccccc1. The second-order valence-electron chi connectivity index (χ2n) is 7.32. The van der Waals surface area contributed by atoms with Crippen LogP contribution in [0.25, 0.3) is 0 Å². The highest BCUT2D eigenvalue weighted by molar-refractivity contribution is 5.23. The van der Waals surface area contributed by atoms with Gasteiger partial charge in [0.05, 0.1) is 0 Å². The van der Waals surface area contributed by atoms with Gasteiger partial charge in [0.25, 0.3) is 0 Å². The highest BCUT2D eigenvalue weighted by Gasteiger charge is 2.25. The van der Waals surface area contributed by atoms with Crippen molar-refractivity contribution in [1.29, 1.82) is 0 Å². The topological polar surface area (TPSA) is 0 Å². The number of hydrogen-bond acceptors (Lipinski definition) is 0. The van der Waals surface area contributed by atoms with Crippen molar-refractivity contribution in [3.8, 4) is 0 Å². The van der Waals surface area contributed by atoms with Crippen molar-refractivity contribution >= 4 is 0 Å². The molecule has 1 aromatic carbocycles. The number of benzene rings is 1. The summed E-state index contributed by atoms with van der Waals surface area (Å²) in [6, 6.07) is 10.9. The van der Waals surface area contributed by atoms with E-state index in [1.165, 1.54) is 18.4 Å². The monoisotopic (exact) mass is 232 g/mol. The van der Waals surface area contributed by atoms with E-state index in [2.05, 4.69) is 71.9 Å². The molecule has 0 saturated heterocycles. The van der Waals surface area contributed by atoms with Gasteiger partial charge >= 0.3 is 0 Å². The van der Waals surface area contributed by atoms with Crippen molar-refractivity contribution in [2.45, 2.75) is 59.8 Å². The van der Waals surface area contributed by atoms with Gasteiger partial charge in [0.2, 0.25) is 0 Å². The molecule has 1 atom stereocenters. The molecule has 17 heavy (non-hydrogen) atoms. The summed E-state index contributed by atoms with van der Waals surface area (Å²) in [7, 11) is 0. The largest absolute Gasteiger partial charge is 0.0625 e. The van der Waals surface area contributed by atoms with Crippen LogP contribution < -0.4 is 0 Å². The van der Waals surface area contributed by atoms with Crippen LogP contribution in [0.1, 0.15) is 59.9 Å². The molecule has 0 bridgehead atoms. The molecule has 0 aliphatic carbocycles. The third kappa shape index (κ3) is 4.93. The first kappa shape index (κ1) is 14.3. The fraction of sp³-hybridized carbons (Fsp3) is 0.647. The van der Waals surface area contributed by atoms with Crippen molar-refractivity contribution in [3.63, 3.8) is 0 Å². The second-order valence-corrected chi connectivity index (χ2v) is 7.32. The minimum absolute atomic E-state index is 0.284. The second kappa shape index (κ2) is 5.25. The molecule has 0 heteroatoms. The van der Waals surface area contributed by atoms with Crippen LogP contribution in [-0.2, 0) is 5.41 Å². The standard InChI is InChI=1S/C17H28/c1-14(12-16(2,3)4)13-17(5,6)15-10-8-7-9-11-15/h7-11,14H,12-13H2,1-6H3. The molecule has 0 radical (unpaired) electrons. The molecule has 0 saturated carbocycles. The minimum atomic E-state index is 0.284. The molecular weight excluding hydrogens is 204 g/mol. The Morgan fingerprint density at radius 2 is 1.41 bits per heavy atom. The van der Waals surface area contributed by atoms with Gasteiger partial charge in [-0.1, -0.05) is 71.9 Å². The zero-order valence-corrected chi connectivity index (χ0v) is 12.4. The van der Waals surface area contributed by atoms with Crippen LogP contribution in [-0.4, -0.2) is 0 Å². The van der Waals surface area contributed by atoms with Gasteiger partial charge in [-0.2, -0.15) is 0 Å². The van der Waals surface area contributed by atoms with E-state index in [0.717, 1.165) is 5.92 Å². The summed E-state index contributed by atoms with van der Waals surface area (Å²) < 4.78 is 0. The maximum Gasteiger partial charge on any atom is -0.0101 e. The van der Waals surface area contributed by atoms with Gasteiger partial charge < -0.3 is 0 Å². The molecule has 1 rings (SSSR count). The van der Waals surface area contributed by atoms with E-state index in [0.29, 0.717) is 5.41 Å². The summed E-state index contributed by atoms with van der Waals surface area (Å²) in [4.78, 5) is 0. The van der Waals surface area contributed by atoms with Crippen LogP contribution in [0.2, 0.25) is 0 Å². The van der Waals surface area contributed by atoms with Crippen molar-refractivity contribution in [2.24, 2.45) is 11.3 Å². The van der Waals surface area contributed by atoms with Crippen molar-refractivity contribution in [1.82, 2.24) is 0 Å². The molecule has 96 valence electrons. The lowest BCUT2D eigenvalue weighted by molar-refractivity contribution is 0.262. The van der Waals surface area contributed by atoms with Crippen LogP contribution in [0.4, 0.5) is 0 Å². The Morgan fingerprint density at radius 3 is 1.88 bits per heavy atom. The summed E-state index contributed by atoms with van der Waals surface area (Å²) in [5.74, 6) is 0.769. The van der Waals surface area contributed by atoms with Crippen molar-refractivity contribution < 1.29 is 0 Å². The maximum atomic E-state index is 2.38. The van der Waals surface area contributed by atoms with Gasteiger partial charge in [0.1, 0.15) is 0 Å². The fourth-order valence-electron chi connectivity index (χ4n) is 3.00. The Kier molecular flexibility index (Phi) is 4.41. The van der Waals surface area contributed by atoms with E-state index in [1.807, 2.05) is 0 Å². The van der Waals surface area contributed by atoms with Gasteiger partial charge in [0, 0.05) is 0 Å². The molecule has 0 spiro atoms. The summed E-state index contributed by atoms with van der Waals surface area (Å²) in [5, 5.41) is 0. The van der Waals surface area contributed by atoms with Crippen LogP contribution in [0.3, 0.4) is 0 Å². The zero-order valence-electron chi connectivity index (χ0n) is 12.4. The molecule has 0 N–H and O–H groups in total. The predicted molar refractivity (Wildman–Crippen MR) is 77.3 cm³/mol. The molecule has 0 aromatic heterocycles. The smallest absolute Gasteiger partial charge is 0.0101 e. The number of rotatable bonds is 4.